The Kier molecular flexibility index (Phi) is 7.79. The molecule has 1 heterocycles. The Bertz CT molecular complexity index is 1720. The summed E-state index contributed by atoms with van der Waals surface area (Å²) in [6.45, 7) is 2.03. The molecule has 0 bridgehead atoms. The van der Waals surface area contributed by atoms with Gasteiger partial charge < -0.3 is 10.1 Å². The lowest BCUT2D eigenvalue weighted by Gasteiger charge is -2.09. The number of ether oxygens (including phenoxy) is 1. The zero-order valence-electron chi connectivity index (χ0n) is 21.7. The zero-order chi connectivity index (χ0) is 27.9. The molecular weight excluding hydrogens is 503 g/mol. The number of hydrogen-bond donors (Lipinski definition) is 1. The molecule has 4 aromatic carbocycles. The Balaban J connectivity index is 1.49. The van der Waals surface area contributed by atoms with Crippen molar-refractivity contribution >= 4 is 17.7 Å². The van der Waals surface area contributed by atoms with Crippen LogP contribution in [0.3, 0.4) is 0 Å². The number of rotatable bonds is 8. The number of benzene rings is 4. The van der Waals surface area contributed by atoms with Gasteiger partial charge in [0.05, 0.1) is 5.69 Å². The average Bonchev–Trinajstić information content (AvgIpc) is 3.41. The highest BCUT2D eigenvalue weighted by atomic mass is 19.1. The molecule has 0 aliphatic carbocycles. The van der Waals surface area contributed by atoms with E-state index in [0.29, 0.717) is 33.8 Å². The smallest absolute Gasteiger partial charge is 0.266 e. The monoisotopic (exact) mass is 528 g/mol. The van der Waals surface area contributed by atoms with Crippen LogP contribution >= 0.6 is 0 Å². The third-order valence-corrected chi connectivity index (χ3v) is 6.20. The number of para-hydroxylation sites is 1. The fourth-order valence-corrected chi connectivity index (χ4v) is 4.08. The van der Waals surface area contributed by atoms with Gasteiger partial charge in [0.15, 0.2) is 0 Å². The second-order valence-electron chi connectivity index (χ2n) is 9.11. The Morgan fingerprint density at radius 3 is 2.50 bits per heavy atom. The van der Waals surface area contributed by atoms with Crippen LogP contribution in [-0.2, 0) is 11.4 Å². The molecule has 0 saturated heterocycles. The normalized spacial score (nSPS) is 11.1. The van der Waals surface area contributed by atoms with E-state index in [-0.39, 0.29) is 18.0 Å². The highest BCUT2D eigenvalue weighted by molar-refractivity contribution is 6.10. The average molecular weight is 529 g/mol. The first-order valence-corrected chi connectivity index (χ1v) is 12.6. The molecule has 0 aliphatic rings. The maximum atomic E-state index is 14.1. The fourth-order valence-electron chi connectivity index (χ4n) is 4.08. The molecule has 0 radical (unpaired) electrons. The molecule has 1 amide bonds. The molecule has 0 atom stereocenters. The number of aromatic nitrogens is 2. The Morgan fingerprint density at radius 2 is 1.75 bits per heavy atom. The molecule has 40 heavy (non-hydrogen) atoms. The van der Waals surface area contributed by atoms with E-state index in [4.69, 9.17) is 9.84 Å². The van der Waals surface area contributed by atoms with Crippen molar-refractivity contribution in [2.75, 3.05) is 5.32 Å². The van der Waals surface area contributed by atoms with Crippen molar-refractivity contribution < 1.29 is 13.9 Å². The molecule has 5 aromatic rings. The lowest BCUT2D eigenvalue weighted by molar-refractivity contribution is -0.112. The summed E-state index contributed by atoms with van der Waals surface area (Å²) in [5.41, 5.74) is 4.69. The van der Waals surface area contributed by atoms with E-state index in [0.717, 1.165) is 11.3 Å². The van der Waals surface area contributed by atoms with Crippen molar-refractivity contribution in [3.8, 4) is 28.8 Å². The Hall–Kier alpha value is -5.48. The minimum Gasteiger partial charge on any atom is -0.489 e. The van der Waals surface area contributed by atoms with Crippen LogP contribution in [0.25, 0.3) is 23.0 Å². The standard InChI is InChI=1S/C33H25FN4O2/c1-23-14-16-28(17-15-23)36-33(39)26(20-35)18-27-21-38(29-10-3-2-4-11-29)37-32(27)24-9-7-12-30(19-24)40-22-25-8-5-6-13-31(25)34/h2-19,21H,22H2,1H3,(H,36,39)/b26-18-. The summed E-state index contributed by atoms with van der Waals surface area (Å²) in [6, 6.07) is 32.6. The molecule has 7 heteroatoms. The minimum absolute atomic E-state index is 0.0682. The molecule has 5 rings (SSSR count). The summed E-state index contributed by atoms with van der Waals surface area (Å²) < 4.78 is 21.6. The third kappa shape index (κ3) is 6.14. The van der Waals surface area contributed by atoms with Crippen LogP contribution in [0.1, 0.15) is 16.7 Å². The van der Waals surface area contributed by atoms with E-state index in [1.165, 1.54) is 12.1 Å². The maximum absolute atomic E-state index is 14.1. The van der Waals surface area contributed by atoms with Crippen molar-refractivity contribution in [1.29, 1.82) is 5.26 Å². The molecule has 0 unspecified atom stereocenters. The highest BCUT2D eigenvalue weighted by Crippen LogP contribution is 2.29. The highest BCUT2D eigenvalue weighted by Gasteiger charge is 2.16. The molecule has 1 aromatic heterocycles. The van der Waals surface area contributed by atoms with Gasteiger partial charge in [0.1, 0.15) is 35.5 Å². The number of halogens is 1. The number of anilines is 1. The van der Waals surface area contributed by atoms with Crippen LogP contribution in [0.15, 0.2) is 115 Å². The molecule has 0 aliphatic heterocycles. The summed E-state index contributed by atoms with van der Waals surface area (Å²) in [7, 11) is 0. The van der Waals surface area contributed by atoms with Gasteiger partial charge in [-0.25, -0.2) is 9.07 Å². The largest absolute Gasteiger partial charge is 0.489 e. The van der Waals surface area contributed by atoms with Crippen molar-refractivity contribution in [2.24, 2.45) is 0 Å². The van der Waals surface area contributed by atoms with Crippen LogP contribution in [0, 0.1) is 24.1 Å². The van der Waals surface area contributed by atoms with Gasteiger partial charge in [0.2, 0.25) is 0 Å². The van der Waals surface area contributed by atoms with E-state index >= 15 is 0 Å². The quantitative estimate of drug-likeness (QED) is 0.172. The van der Waals surface area contributed by atoms with Gasteiger partial charge in [0, 0.05) is 28.6 Å². The predicted molar refractivity (Wildman–Crippen MR) is 153 cm³/mol. The van der Waals surface area contributed by atoms with Crippen LogP contribution in [-0.4, -0.2) is 15.7 Å². The summed E-state index contributed by atoms with van der Waals surface area (Å²) in [5.74, 6) is -0.324. The first-order valence-electron chi connectivity index (χ1n) is 12.6. The molecular formula is C33H25FN4O2. The number of nitrogens with one attached hydrogen (secondary N) is 1. The number of carbonyl (C=O) groups is 1. The van der Waals surface area contributed by atoms with Crippen LogP contribution in [0.4, 0.5) is 10.1 Å². The Labute approximate surface area is 231 Å². The van der Waals surface area contributed by atoms with Gasteiger partial charge in [-0.3, -0.25) is 4.79 Å². The first kappa shape index (κ1) is 26.1. The Morgan fingerprint density at radius 1 is 1.00 bits per heavy atom. The van der Waals surface area contributed by atoms with Crippen LogP contribution in [0.2, 0.25) is 0 Å². The SMILES string of the molecule is Cc1ccc(NC(=O)/C(C#N)=C\c2cn(-c3ccccc3)nc2-c2cccc(OCc3ccccc3F)c2)cc1. The van der Waals surface area contributed by atoms with E-state index < -0.39 is 5.91 Å². The molecule has 6 nitrogen and oxygen atoms in total. The summed E-state index contributed by atoms with van der Waals surface area (Å²) in [4.78, 5) is 13.0. The number of hydrogen-bond acceptors (Lipinski definition) is 4. The lowest BCUT2D eigenvalue weighted by atomic mass is 10.1. The second-order valence-corrected chi connectivity index (χ2v) is 9.11. The summed E-state index contributed by atoms with van der Waals surface area (Å²) in [5, 5.41) is 17.4. The van der Waals surface area contributed by atoms with Gasteiger partial charge in [-0.15, -0.1) is 0 Å². The topological polar surface area (TPSA) is 79.9 Å². The van der Waals surface area contributed by atoms with E-state index in [1.54, 1.807) is 53.3 Å². The molecule has 0 fully saturated rings. The van der Waals surface area contributed by atoms with E-state index in [2.05, 4.69) is 5.32 Å². The van der Waals surface area contributed by atoms with Crippen molar-refractivity contribution in [3.05, 3.63) is 137 Å². The maximum Gasteiger partial charge on any atom is 0.266 e. The third-order valence-electron chi connectivity index (χ3n) is 6.20. The first-order chi connectivity index (χ1) is 19.5. The molecule has 1 N–H and O–H groups in total. The predicted octanol–water partition coefficient (Wildman–Crippen LogP) is 7.11. The van der Waals surface area contributed by atoms with Crippen molar-refractivity contribution in [2.45, 2.75) is 13.5 Å². The number of nitriles is 1. The van der Waals surface area contributed by atoms with Crippen LogP contribution < -0.4 is 10.1 Å². The van der Waals surface area contributed by atoms with E-state index in [1.807, 2.05) is 67.6 Å². The van der Waals surface area contributed by atoms with Gasteiger partial charge in [-0.2, -0.15) is 10.4 Å². The minimum atomic E-state index is -0.522. The molecule has 196 valence electrons. The second kappa shape index (κ2) is 11.9. The van der Waals surface area contributed by atoms with Gasteiger partial charge in [-0.1, -0.05) is 66.2 Å². The zero-order valence-corrected chi connectivity index (χ0v) is 21.7. The molecule has 0 spiro atoms. The number of amides is 1. The number of carbonyl (C=O) groups excluding carboxylic acids is 1. The van der Waals surface area contributed by atoms with Gasteiger partial charge >= 0.3 is 0 Å². The molecule has 0 saturated carbocycles. The number of nitrogens with zero attached hydrogens (tertiary/aromatic N) is 3. The summed E-state index contributed by atoms with van der Waals surface area (Å²) in [6.07, 6.45) is 3.30. The van der Waals surface area contributed by atoms with E-state index in [9.17, 15) is 14.4 Å². The summed E-state index contributed by atoms with van der Waals surface area (Å²) >= 11 is 0. The lowest BCUT2D eigenvalue weighted by Crippen LogP contribution is -2.13. The number of aryl methyl sites for hydroxylation is 1. The van der Waals surface area contributed by atoms with Crippen molar-refractivity contribution in [3.63, 3.8) is 0 Å². The van der Waals surface area contributed by atoms with Gasteiger partial charge in [-0.05, 0) is 55.5 Å². The van der Waals surface area contributed by atoms with Crippen molar-refractivity contribution in [1.82, 2.24) is 9.78 Å². The van der Waals surface area contributed by atoms with Gasteiger partial charge in [0.25, 0.3) is 5.91 Å². The fraction of sp³-hybridized carbons (Fsp3) is 0.0606. The van der Waals surface area contributed by atoms with Crippen LogP contribution in [0.5, 0.6) is 5.75 Å².